The maximum Gasteiger partial charge on any atom is 0.416 e. The molecule has 0 saturated carbocycles. The van der Waals surface area contributed by atoms with Crippen molar-refractivity contribution in [1.82, 2.24) is 13.9 Å². The third-order valence-electron chi connectivity index (χ3n) is 7.42. The number of halogens is 5. The Bertz CT molecular complexity index is 1530. The summed E-state index contributed by atoms with van der Waals surface area (Å²) in [6.45, 7) is 1.85. The van der Waals surface area contributed by atoms with Gasteiger partial charge in [-0.2, -0.15) is 17.5 Å². The average Bonchev–Trinajstić information content (AvgIpc) is 3.29. The first-order valence-corrected chi connectivity index (χ1v) is 16.1. The molecular weight excluding hydrogens is 621 g/mol. The van der Waals surface area contributed by atoms with Crippen LogP contribution in [0.5, 0.6) is 0 Å². The largest absolute Gasteiger partial charge is 0.416 e. The van der Waals surface area contributed by atoms with Crippen molar-refractivity contribution in [3.63, 3.8) is 0 Å². The molecule has 2 atom stereocenters. The predicted octanol–water partition coefficient (Wildman–Crippen LogP) is 3.21. The lowest BCUT2D eigenvalue weighted by molar-refractivity contribution is -0.138. The van der Waals surface area contributed by atoms with Crippen LogP contribution in [0.25, 0.3) is 0 Å². The summed E-state index contributed by atoms with van der Waals surface area (Å²) >= 11 is 0. The van der Waals surface area contributed by atoms with E-state index in [1.54, 1.807) is 4.90 Å². The van der Waals surface area contributed by atoms with Crippen LogP contribution < -0.4 is 4.72 Å². The molecule has 2 aliphatic heterocycles. The van der Waals surface area contributed by atoms with Crippen LogP contribution in [-0.2, 0) is 42.2 Å². The number of nitrogens with one attached hydrogen (secondary N) is 1. The van der Waals surface area contributed by atoms with Crippen LogP contribution in [0, 0.1) is 5.92 Å². The number of hydrogen-bond acceptors (Lipinski definition) is 6. The SMILES string of the molecule is C=CS(=O)(=O)NCC1CN(S(=O)(=O)c2ccc(C(Cc3ccc(C(F)(F)F)cc3)C(=O)N3CCOCC3)cc2)CC1(F)F. The molecule has 2 saturated heterocycles. The second-order valence-corrected chi connectivity index (χ2v) is 13.9. The number of rotatable bonds is 10. The Morgan fingerprint density at radius 1 is 1.05 bits per heavy atom. The minimum atomic E-state index is -4.53. The Hall–Kier alpha value is -2.92. The summed E-state index contributed by atoms with van der Waals surface area (Å²) in [5.41, 5.74) is 0.00207. The first-order chi connectivity index (χ1) is 20.0. The minimum absolute atomic E-state index is 0.0288. The molecule has 2 aliphatic rings. The number of benzene rings is 2. The zero-order chi connectivity index (χ0) is 31.6. The van der Waals surface area contributed by atoms with Crippen LogP contribution in [0.3, 0.4) is 0 Å². The zero-order valence-corrected chi connectivity index (χ0v) is 24.4. The van der Waals surface area contributed by atoms with E-state index < -0.39 is 69.2 Å². The summed E-state index contributed by atoms with van der Waals surface area (Å²) < 4.78 is 126. The molecule has 2 heterocycles. The third kappa shape index (κ3) is 7.78. The van der Waals surface area contributed by atoms with Crippen LogP contribution >= 0.6 is 0 Å². The van der Waals surface area contributed by atoms with Gasteiger partial charge in [0.15, 0.2) is 0 Å². The summed E-state index contributed by atoms with van der Waals surface area (Å²) in [6, 6.07) is 9.52. The molecule has 0 radical (unpaired) electrons. The number of alkyl halides is 5. The molecule has 43 heavy (non-hydrogen) atoms. The van der Waals surface area contributed by atoms with E-state index in [1.165, 1.54) is 36.4 Å². The number of hydrogen-bond donors (Lipinski definition) is 1. The van der Waals surface area contributed by atoms with Gasteiger partial charge in [0, 0.05) is 31.6 Å². The molecule has 236 valence electrons. The fourth-order valence-corrected chi connectivity index (χ4v) is 6.97. The lowest BCUT2D eigenvalue weighted by Crippen LogP contribution is -2.43. The number of amides is 1. The van der Waals surface area contributed by atoms with Gasteiger partial charge in [0.2, 0.25) is 26.0 Å². The number of carbonyl (C=O) groups is 1. The minimum Gasteiger partial charge on any atom is -0.378 e. The second-order valence-electron chi connectivity index (χ2n) is 10.3. The van der Waals surface area contributed by atoms with Crippen LogP contribution in [0.15, 0.2) is 65.4 Å². The van der Waals surface area contributed by atoms with Gasteiger partial charge in [0.1, 0.15) is 0 Å². The van der Waals surface area contributed by atoms with Crippen molar-refractivity contribution in [2.75, 3.05) is 45.9 Å². The highest BCUT2D eigenvalue weighted by Gasteiger charge is 2.51. The highest BCUT2D eigenvalue weighted by molar-refractivity contribution is 7.92. The van der Waals surface area contributed by atoms with Crippen molar-refractivity contribution in [1.29, 1.82) is 0 Å². The van der Waals surface area contributed by atoms with Crippen LogP contribution in [-0.4, -0.2) is 83.8 Å². The van der Waals surface area contributed by atoms with Crippen LogP contribution in [0.2, 0.25) is 0 Å². The molecule has 2 aromatic carbocycles. The molecule has 0 aliphatic carbocycles. The average molecular weight is 652 g/mol. The Morgan fingerprint density at radius 3 is 2.21 bits per heavy atom. The van der Waals surface area contributed by atoms with Gasteiger partial charge in [-0.25, -0.2) is 30.3 Å². The van der Waals surface area contributed by atoms with Gasteiger partial charge >= 0.3 is 6.18 Å². The lowest BCUT2D eigenvalue weighted by atomic mass is 9.90. The molecule has 2 aromatic rings. The van der Waals surface area contributed by atoms with Crippen molar-refractivity contribution < 1.29 is 48.3 Å². The van der Waals surface area contributed by atoms with Gasteiger partial charge in [-0.3, -0.25) is 4.79 Å². The number of nitrogens with zero attached hydrogens (tertiary/aromatic N) is 2. The Morgan fingerprint density at radius 2 is 1.65 bits per heavy atom. The van der Waals surface area contributed by atoms with Crippen LogP contribution in [0.4, 0.5) is 22.0 Å². The highest BCUT2D eigenvalue weighted by Crippen LogP contribution is 2.36. The van der Waals surface area contributed by atoms with Gasteiger partial charge in [0.05, 0.1) is 42.1 Å². The third-order valence-corrected chi connectivity index (χ3v) is 10.3. The number of carbonyl (C=O) groups excluding carboxylic acids is 1. The summed E-state index contributed by atoms with van der Waals surface area (Å²) in [7, 11) is -8.42. The van der Waals surface area contributed by atoms with Crippen molar-refractivity contribution in [3.8, 4) is 0 Å². The second kappa shape index (κ2) is 12.6. The summed E-state index contributed by atoms with van der Waals surface area (Å²) in [5.74, 6) is -6.31. The van der Waals surface area contributed by atoms with Gasteiger partial charge < -0.3 is 9.64 Å². The normalized spacial score (nSPS) is 20.6. The Labute approximate surface area is 246 Å². The summed E-state index contributed by atoms with van der Waals surface area (Å²) in [6.07, 6.45) is -4.50. The molecule has 0 spiro atoms. The fraction of sp³-hybridized carbons (Fsp3) is 0.444. The fourth-order valence-electron chi connectivity index (χ4n) is 4.92. The molecule has 1 amide bonds. The molecule has 1 N–H and O–H groups in total. The van der Waals surface area contributed by atoms with E-state index in [1.807, 2.05) is 4.72 Å². The van der Waals surface area contributed by atoms with Crippen LogP contribution in [0.1, 0.15) is 22.6 Å². The molecule has 0 aromatic heterocycles. The molecule has 2 fully saturated rings. The molecule has 9 nitrogen and oxygen atoms in total. The van der Waals surface area contributed by atoms with Gasteiger partial charge in [-0.05, 0) is 41.8 Å². The van der Waals surface area contributed by atoms with Gasteiger partial charge in [-0.15, -0.1) is 0 Å². The maximum absolute atomic E-state index is 14.6. The van der Waals surface area contributed by atoms with Crippen molar-refractivity contribution in [2.24, 2.45) is 5.92 Å². The summed E-state index contributed by atoms with van der Waals surface area (Å²) in [5, 5.41) is 0.560. The number of sulfonamides is 2. The highest BCUT2D eigenvalue weighted by atomic mass is 32.2. The van der Waals surface area contributed by atoms with E-state index in [0.717, 1.165) is 12.1 Å². The van der Waals surface area contributed by atoms with E-state index >= 15 is 0 Å². The van der Waals surface area contributed by atoms with E-state index in [-0.39, 0.29) is 17.2 Å². The van der Waals surface area contributed by atoms with Crippen molar-refractivity contribution in [3.05, 3.63) is 77.2 Å². The number of ether oxygens (including phenoxy) is 1. The topological polar surface area (TPSA) is 113 Å². The standard InChI is InChI=1S/C27H30F5N3O6S2/c1-2-42(37,38)33-16-22-17-35(18-26(22,28)29)43(39,40)23-9-5-20(6-10-23)24(25(36)34-11-13-41-14-12-34)15-19-3-7-21(8-4-19)27(30,31)32/h2-10,22,24,33H,1,11-18H2. The smallest absolute Gasteiger partial charge is 0.378 e. The molecule has 16 heteroatoms. The van der Waals surface area contributed by atoms with E-state index in [0.29, 0.717) is 47.1 Å². The van der Waals surface area contributed by atoms with Gasteiger partial charge in [0.25, 0.3) is 5.92 Å². The quantitative estimate of drug-likeness (QED) is 0.395. The van der Waals surface area contributed by atoms with E-state index in [2.05, 4.69) is 6.58 Å². The Kier molecular flexibility index (Phi) is 9.66. The summed E-state index contributed by atoms with van der Waals surface area (Å²) in [4.78, 5) is 14.8. The van der Waals surface area contributed by atoms with Crippen molar-refractivity contribution >= 4 is 26.0 Å². The monoisotopic (exact) mass is 651 g/mol. The lowest BCUT2D eigenvalue weighted by Gasteiger charge is -2.31. The first kappa shape index (κ1) is 33.0. The molecule has 4 rings (SSSR count). The molecule has 2 unspecified atom stereocenters. The number of morpholine rings is 1. The zero-order valence-electron chi connectivity index (χ0n) is 22.8. The molecular formula is C27H30F5N3O6S2. The molecule has 0 bridgehead atoms. The predicted molar refractivity (Wildman–Crippen MR) is 146 cm³/mol. The van der Waals surface area contributed by atoms with Crippen molar-refractivity contribution in [2.45, 2.75) is 29.3 Å². The maximum atomic E-state index is 14.6. The van der Waals surface area contributed by atoms with E-state index in [9.17, 15) is 43.6 Å². The van der Waals surface area contributed by atoms with Gasteiger partial charge in [-0.1, -0.05) is 30.8 Å². The first-order valence-electron chi connectivity index (χ1n) is 13.2. The van der Waals surface area contributed by atoms with E-state index in [4.69, 9.17) is 4.74 Å². The Balaban J connectivity index is 1.56.